The highest BCUT2D eigenvalue weighted by Gasteiger charge is 2.55. The van der Waals surface area contributed by atoms with Crippen molar-refractivity contribution in [1.82, 2.24) is 0 Å². The van der Waals surface area contributed by atoms with Crippen LogP contribution >= 0.6 is 0 Å². The summed E-state index contributed by atoms with van der Waals surface area (Å²) in [5, 5.41) is 9.05. The maximum Gasteiger partial charge on any atom is 0.313 e. The molecule has 3 heteroatoms. The zero-order valence-electron chi connectivity index (χ0n) is 10.9. The van der Waals surface area contributed by atoms with Crippen LogP contribution in [0.1, 0.15) is 24.0 Å². The van der Waals surface area contributed by atoms with Crippen molar-refractivity contribution in [1.29, 1.82) is 0 Å². The third kappa shape index (κ3) is 1.98. The molecule has 1 aromatic carbocycles. The van der Waals surface area contributed by atoms with E-state index in [2.05, 4.69) is 6.58 Å². The number of benzene rings is 1. The molecule has 100 valence electrons. The number of allylic oxidation sites excluding steroid dienone is 1. The number of hydrogen-bond donors (Lipinski definition) is 1. The fourth-order valence-corrected chi connectivity index (χ4v) is 3.39. The van der Waals surface area contributed by atoms with Gasteiger partial charge in [-0.3, -0.25) is 4.79 Å². The smallest absolute Gasteiger partial charge is 0.313 e. The average molecular weight is 258 g/mol. The van der Waals surface area contributed by atoms with Gasteiger partial charge in [-0.2, -0.15) is 0 Å². The molecular formula is C16H18O3. The van der Waals surface area contributed by atoms with Crippen LogP contribution in [0.3, 0.4) is 0 Å². The largest absolute Gasteiger partial charge is 0.465 e. The van der Waals surface area contributed by atoms with Gasteiger partial charge in [0, 0.05) is 5.92 Å². The van der Waals surface area contributed by atoms with E-state index in [1.54, 1.807) is 0 Å². The number of hydrogen-bond acceptors (Lipinski definition) is 3. The van der Waals surface area contributed by atoms with Crippen LogP contribution in [0.2, 0.25) is 0 Å². The van der Waals surface area contributed by atoms with Crippen molar-refractivity contribution in [2.24, 2.45) is 11.3 Å². The van der Waals surface area contributed by atoms with Gasteiger partial charge in [-0.15, -0.1) is 0 Å². The molecule has 0 radical (unpaired) electrons. The summed E-state index contributed by atoms with van der Waals surface area (Å²) in [6.07, 6.45) is 2.36. The van der Waals surface area contributed by atoms with Crippen molar-refractivity contribution in [3.8, 4) is 0 Å². The molecule has 2 aliphatic rings. The van der Waals surface area contributed by atoms with Gasteiger partial charge in [-0.1, -0.05) is 36.4 Å². The molecule has 2 unspecified atom stereocenters. The first-order valence-corrected chi connectivity index (χ1v) is 6.66. The molecule has 0 aromatic heterocycles. The van der Waals surface area contributed by atoms with Crippen molar-refractivity contribution < 1.29 is 14.6 Å². The summed E-state index contributed by atoms with van der Waals surface area (Å²) in [7, 11) is 0. The minimum atomic E-state index is -0.391. The molecule has 0 spiro atoms. The molecule has 0 bridgehead atoms. The molecule has 1 saturated heterocycles. The van der Waals surface area contributed by atoms with Gasteiger partial charge in [0.1, 0.15) is 0 Å². The quantitative estimate of drug-likeness (QED) is 0.668. The molecule has 19 heavy (non-hydrogen) atoms. The maximum atomic E-state index is 12.1. The van der Waals surface area contributed by atoms with Gasteiger partial charge in [-0.25, -0.2) is 0 Å². The van der Waals surface area contributed by atoms with E-state index >= 15 is 0 Å². The van der Waals surface area contributed by atoms with E-state index in [4.69, 9.17) is 9.84 Å². The number of esters is 1. The van der Waals surface area contributed by atoms with Crippen LogP contribution in [0.25, 0.3) is 0 Å². The van der Waals surface area contributed by atoms with Crippen molar-refractivity contribution in [3.05, 3.63) is 47.5 Å². The number of carbonyl (C=O) groups excluding carboxylic acids is 1. The Hall–Kier alpha value is -1.61. The summed E-state index contributed by atoms with van der Waals surface area (Å²) in [4.78, 5) is 12.1. The number of cyclic esters (lactones) is 1. The number of fused-ring (bicyclic) bond motifs is 1. The first-order chi connectivity index (χ1) is 9.14. The van der Waals surface area contributed by atoms with E-state index in [9.17, 15) is 4.79 Å². The third-order valence-corrected chi connectivity index (χ3v) is 4.43. The lowest BCUT2D eigenvalue weighted by Gasteiger charge is -2.24. The number of carbonyl (C=O) groups is 1. The Morgan fingerprint density at radius 2 is 2.00 bits per heavy atom. The van der Waals surface area contributed by atoms with Crippen LogP contribution in [-0.2, 0) is 22.6 Å². The second-order valence-corrected chi connectivity index (χ2v) is 5.73. The number of rotatable bonds is 3. The van der Waals surface area contributed by atoms with Crippen molar-refractivity contribution in [2.45, 2.75) is 25.9 Å². The Kier molecular flexibility index (Phi) is 2.94. The molecule has 3 rings (SSSR count). The molecule has 2 fully saturated rings. The molecular weight excluding hydrogens is 240 g/mol. The van der Waals surface area contributed by atoms with Crippen LogP contribution in [0, 0.1) is 11.3 Å². The van der Waals surface area contributed by atoms with Crippen LogP contribution < -0.4 is 0 Å². The number of ether oxygens (including phenoxy) is 1. The lowest BCUT2D eigenvalue weighted by atomic mass is 9.75. The Labute approximate surface area is 112 Å². The van der Waals surface area contributed by atoms with E-state index in [1.165, 1.54) is 0 Å². The van der Waals surface area contributed by atoms with Gasteiger partial charge in [0.15, 0.2) is 0 Å². The van der Waals surface area contributed by atoms with Crippen LogP contribution in [0.4, 0.5) is 0 Å². The molecule has 1 N–H and O–H groups in total. The first kappa shape index (κ1) is 12.4. The molecule has 1 aromatic rings. The normalized spacial score (nSPS) is 29.4. The number of aliphatic hydroxyl groups is 1. The van der Waals surface area contributed by atoms with E-state index in [-0.39, 0.29) is 18.5 Å². The molecule has 3 nitrogen and oxygen atoms in total. The molecule has 1 aliphatic heterocycles. The predicted molar refractivity (Wildman–Crippen MR) is 71.3 cm³/mol. The zero-order valence-corrected chi connectivity index (χ0v) is 10.9. The number of aliphatic hydroxyl groups excluding tert-OH is 1. The Morgan fingerprint density at radius 3 is 2.68 bits per heavy atom. The second kappa shape index (κ2) is 4.49. The molecule has 1 heterocycles. The first-order valence-electron chi connectivity index (χ1n) is 6.66. The van der Waals surface area contributed by atoms with Gasteiger partial charge in [0.05, 0.1) is 18.6 Å². The summed E-state index contributed by atoms with van der Waals surface area (Å²) < 4.78 is 5.27. The monoisotopic (exact) mass is 258 g/mol. The van der Waals surface area contributed by atoms with Crippen LogP contribution in [0.15, 0.2) is 36.4 Å². The fraction of sp³-hybridized carbons (Fsp3) is 0.438. The van der Waals surface area contributed by atoms with Crippen molar-refractivity contribution in [3.63, 3.8) is 0 Å². The van der Waals surface area contributed by atoms with Crippen LogP contribution in [-0.4, -0.2) is 17.7 Å². The van der Waals surface area contributed by atoms with Gasteiger partial charge in [-0.05, 0) is 30.4 Å². The lowest BCUT2D eigenvalue weighted by Crippen LogP contribution is -2.31. The Morgan fingerprint density at radius 1 is 1.32 bits per heavy atom. The highest BCUT2D eigenvalue weighted by Crippen LogP contribution is 2.52. The average Bonchev–Trinajstić information content (AvgIpc) is 2.87. The highest BCUT2D eigenvalue weighted by molar-refractivity contribution is 5.81. The topological polar surface area (TPSA) is 46.5 Å². The zero-order chi connectivity index (χ0) is 13.5. The summed E-state index contributed by atoms with van der Waals surface area (Å²) in [5.41, 5.74) is 2.78. The Balaban J connectivity index is 1.87. The summed E-state index contributed by atoms with van der Waals surface area (Å²) in [5.74, 6) is 0.215. The SMILES string of the molecule is C=C1CC2COC(=O)C2(Cc2ccc(CO)cc2)C1. The highest BCUT2D eigenvalue weighted by atomic mass is 16.5. The van der Waals surface area contributed by atoms with Gasteiger partial charge in [0.25, 0.3) is 0 Å². The minimum Gasteiger partial charge on any atom is -0.465 e. The van der Waals surface area contributed by atoms with Crippen molar-refractivity contribution >= 4 is 5.97 Å². The lowest BCUT2D eigenvalue weighted by molar-refractivity contribution is -0.146. The van der Waals surface area contributed by atoms with E-state index in [1.807, 2.05) is 24.3 Å². The summed E-state index contributed by atoms with van der Waals surface area (Å²) >= 11 is 0. The standard InChI is InChI=1S/C16H18O3/c1-11-6-14-10-19-15(18)16(14,7-11)8-12-2-4-13(9-17)5-3-12/h2-5,14,17H,1,6-10H2. The van der Waals surface area contributed by atoms with E-state index in [0.29, 0.717) is 13.0 Å². The van der Waals surface area contributed by atoms with Crippen LogP contribution in [0.5, 0.6) is 0 Å². The maximum absolute atomic E-state index is 12.1. The van der Waals surface area contributed by atoms with E-state index in [0.717, 1.165) is 29.5 Å². The molecule has 2 atom stereocenters. The fourth-order valence-electron chi connectivity index (χ4n) is 3.39. The van der Waals surface area contributed by atoms with E-state index < -0.39 is 5.41 Å². The van der Waals surface area contributed by atoms with Crippen molar-refractivity contribution in [2.75, 3.05) is 6.61 Å². The molecule has 1 saturated carbocycles. The second-order valence-electron chi connectivity index (χ2n) is 5.73. The summed E-state index contributed by atoms with van der Waals surface area (Å²) in [6.45, 7) is 4.63. The van der Waals surface area contributed by atoms with Gasteiger partial charge < -0.3 is 9.84 Å². The Bertz CT molecular complexity index is 517. The molecule has 1 aliphatic carbocycles. The summed E-state index contributed by atoms with van der Waals surface area (Å²) in [6, 6.07) is 7.80. The molecule has 0 amide bonds. The van der Waals surface area contributed by atoms with Gasteiger partial charge in [0.2, 0.25) is 0 Å². The minimum absolute atomic E-state index is 0.0485. The third-order valence-electron chi connectivity index (χ3n) is 4.43. The van der Waals surface area contributed by atoms with Gasteiger partial charge >= 0.3 is 5.97 Å². The predicted octanol–water partition coefficient (Wildman–Crippen LogP) is 2.23.